The summed E-state index contributed by atoms with van der Waals surface area (Å²) >= 11 is 0. The van der Waals surface area contributed by atoms with Crippen LogP contribution in [0.5, 0.6) is 0 Å². The van der Waals surface area contributed by atoms with Gasteiger partial charge in [-0.2, -0.15) is 0 Å². The van der Waals surface area contributed by atoms with Crippen molar-refractivity contribution < 1.29 is 4.79 Å². The number of hydrogen-bond donors (Lipinski definition) is 2. The Hall–Kier alpha value is -2.59. The van der Waals surface area contributed by atoms with Gasteiger partial charge in [-0.25, -0.2) is 4.98 Å². The normalized spacial score (nSPS) is 10.2. The molecular formula is C20H22ClN3O. The third-order valence-corrected chi connectivity index (χ3v) is 3.93. The highest BCUT2D eigenvalue weighted by atomic mass is 35.5. The summed E-state index contributed by atoms with van der Waals surface area (Å²) in [4.78, 5) is 15.8. The summed E-state index contributed by atoms with van der Waals surface area (Å²) in [6, 6.07) is 14.0. The Balaban J connectivity index is 0.00000225. The number of benzene rings is 2. The maximum Gasteiger partial charge on any atom is 0.221 e. The van der Waals surface area contributed by atoms with Crippen molar-refractivity contribution in [2.75, 3.05) is 10.6 Å². The second kappa shape index (κ2) is 7.53. The molecule has 0 spiro atoms. The van der Waals surface area contributed by atoms with Crippen LogP contribution in [0.15, 0.2) is 42.5 Å². The predicted molar refractivity (Wildman–Crippen MR) is 107 cm³/mol. The van der Waals surface area contributed by atoms with Crippen LogP contribution in [0.2, 0.25) is 0 Å². The third kappa shape index (κ3) is 4.28. The summed E-state index contributed by atoms with van der Waals surface area (Å²) in [5, 5.41) is 7.29. The lowest BCUT2D eigenvalue weighted by atomic mass is 10.0. The van der Waals surface area contributed by atoms with E-state index in [1.165, 1.54) is 29.0 Å². The Kier molecular flexibility index (Phi) is 5.65. The number of amides is 1. The van der Waals surface area contributed by atoms with E-state index in [2.05, 4.69) is 49.6 Å². The van der Waals surface area contributed by atoms with E-state index in [0.29, 0.717) is 0 Å². The highest BCUT2D eigenvalue weighted by molar-refractivity contribution is 5.89. The van der Waals surface area contributed by atoms with Gasteiger partial charge in [0.25, 0.3) is 0 Å². The van der Waals surface area contributed by atoms with Crippen molar-refractivity contribution in [1.82, 2.24) is 4.98 Å². The van der Waals surface area contributed by atoms with Crippen molar-refractivity contribution in [2.24, 2.45) is 0 Å². The van der Waals surface area contributed by atoms with E-state index in [1.54, 1.807) is 0 Å². The third-order valence-electron chi connectivity index (χ3n) is 3.93. The number of aryl methyl sites for hydroxylation is 3. The van der Waals surface area contributed by atoms with Gasteiger partial charge in [-0.05, 0) is 68.3 Å². The topological polar surface area (TPSA) is 54.0 Å². The molecule has 3 aromatic rings. The molecule has 0 radical (unpaired) electrons. The molecule has 0 fully saturated rings. The minimum absolute atomic E-state index is 0. The van der Waals surface area contributed by atoms with Gasteiger partial charge in [0.1, 0.15) is 5.82 Å². The van der Waals surface area contributed by atoms with Crippen molar-refractivity contribution in [3.05, 3.63) is 59.2 Å². The zero-order chi connectivity index (χ0) is 17.3. The fourth-order valence-electron chi connectivity index (χ4n) is 2.90. The van der Waals surface area contributed by atoms with Crippen LogP contribution in [0.1, 0.15) is 23.6 Å². The molecule has 2 aromatic carbocycles. The van der Waals surface area contributed by atoms with Gasteiger partial charge in [-0.1, -0.05) is 11.6 Å². The van der Waals surface area contributed by atoms with Crippen LogP contribution in [-0.4, -0.2) is 10.9 Å². The molecule has 1 aromatic heterocycles. The van der Waals surface area contributed by atoms with Crippen LogP contribution in [0.25, 0.3) is 10.9 Å². The number of fused-ring (bicyclic) bond motifs is 1. The molecule has 0 atom stereocenters. The van der Waals surface area contributed by atoms with Crippen LogP contribution < -0.4 is 10.6 Å². The average Bonchev–Trinajstić information content (AvgIpc) is 2.50. The molecule has 130 valence electrons. The lowest BCUT2D eigenvalue weighted by Gasteiger charge is -2.12. The molecule has 1 amide bonds. The number of hydrogen-bond acceptors (Lipinski definition) is 3. The molecular weight excluding hydrogens is 334 g/mol. The molecule has 2 N–H and O–H groups in total. The summed E-state index contributed by atoms with van der Waals surface area (Å²) < 4.78 is 0. The SMILES string of the molecule is CC(=O)Nc1ccc(Nc2cc(C)c3cc(C)cc(C)c3n2)cc1.Cl. The number of anilines is 3. The second-order valence-corrected chi connectivity index (χ2v) is 6.19. The van der Waals surface area contributed by atoms with Gasteiger partial charge in [-0.15, -0.1) is 12.4 Å². The van der Waals surface area contributed by atoms with E-state index < -0.39 is 0 Å². The molecule has 0 aliphatic heterocycles. The first-order valence-electron chi connectivity index (χ1n) is 7.95. The number of nitrogens with one attached hydrogen (secondary N) is 2. The molecule has 0 bridgehead atoms. The van der Waals surface area contributed by atoms with Crippen LogP contribution in [0.4, 0.5) is 17.2 Å². The number of carbonyl (C=O) groups excluding carboxylic acids is 1. The van der Waals surface area contributed by atoms with Crippen molar-refractivity contribution >= 4 is 46.4 Å². The molecule has 0 aliphatic carbocycles. The maximum absolute atomic E-state index is 11.1. The van der Waals surface area contributed by atoms with E-state index >= 15 is 0 Å². The molecule has 0 saturated heterocycles. The van der Waals surface area contributed by atoms with Crippen molar-refractivity contribution in [1.29, 1.82) is 0 Å². The average molecular weight is 356 g/mol. The zero-order valence-corrected chi connectivity index (χ0v) is 15.6. The smallest absolute Gasteiger partial charge is 0.221 e. The summed E-state index contributed by atoms with van der Waals surface area (Å²) in [5.41, 5.74) is 6.36. The molecule has 0 unspecified atom stereocenters. The maximum atomic E-state index is 11.1. The number of halogens is 1. The number of rotatable bonds is 3. The molecule has 0 saturated carbocycles. The number of pyridine rings is 1. The lowest BCUT2D eigenvalue weighted by molar-refractivity contribution is -0.114. The first-order chi connectivity index (χ1) is 11.4. The van der Waals surface area contributed by atoms with Crippen molar-refractivity contribution in [2.45, 2.75) is 27.7 Å². The molecule has 0 aliphatic rings. The predicted octanol–water partition coefficient (Wildman–Crippen LogP) is 5.28. The van der Waals surface area contributed by atoms with Crippen LogP contribution in [-0.2, 0) is 4.79 Å². The Bertz CT molecular complexity index is 920. The van der Waals surface area contributed by atoms with E-state index in [4.69, 9.17) is 4.98 Å². The van der Waals surface area contributed by atoms with Gasteiger partial charge in [0, 0.05) is 23.7 Å². The summed E-state index contributed by atoms with van der Waals surface area (Å²) in [6.45, 7) is 7.80. The van der Waals surface area contributed by atoms with E-state index in [1.807, 2.05) is 24.3 Å². The fourth-order valence-corrected chi connectivity index (χ4v) is 2.90. The minimum atomic E-state index is -0.0756. The van der Waals surface area contributed by atoms with Crippen LogP contribution in [0.3, 0.4) is 0 Å². The quantitative estimate of drug-likeness (QED) is 0.671. The number of aromatic nitrogens is 1. The molecule has 3 rings (SSSR count). The Morgan fingerprint density at radius 2 is 1.56 bits per heavy atom. The van der Waals surface area contributed by atoms with Gasteiger partial charge in [0.15, 0.2) is 0 Å². The van der Waals surface area contributed by atoms with Gasteiger partial charge in [0.2, 0.25) is 5.91 Å². The van der Waals surface area contributed by atoms with Crippen molar-refractivity contribution in [3.8, 4) is 0 Å². The van der Waals surface area contributed by atoms with E-state index in [9.17, 15) is 4.79 Å². The summed E-state index contributed by atoms with van der Waals surface area (Å²) in [5.74, 6) is 0.743. The van der Waals surface area contributed by atoms with Crippen molar-refractivity contribution in [3.63, 3.8) is 0 Å². The molecule has 1 heterocycles. The van der Waals surface area contributed by atoms with E-state index in [-0.39, 0.29) is 18.3 Å². The van der Waals surface area contributed by atoms with Gasteiger partial charge >= 0.3 is 0 Å². The highest BCUT2D eigenvalue weighted by Gasteiger charge is 2.07. The van der Waals surface area contributed by atoms with Gasteiger partial charge in [-0.3, -0.25) is 4.79 Å². The Morgan fingerprint density at radius 3 is 2.20 bits per heavy atom. The molecule has 4 nitrogen and oxygen atoms in total. The Labute approximate surface area is 154 Å². The summed E-state index contributed by atoms with van der Waals surface area (Å²) in [6.07, 6.45) is 0. The first kappa shape index (κ1) is 18.7. The largest absolute Gasteiger partial charge is 0.340 e. The van der Waals surface area contributed by atoms with Crippen LogP contribution >= 0.6 is 12.4 Å². The Morgan fingerprint density at radius 1 is 0.920 bits per heavy atom. The standard InChI is InChI=1S/C20H21N3O.ClH/c1-12-9-14(3)20-18(10-12)13(2)11-19(23-20)22-17-7-5-16(6-8-17)21-15(4)24;/h5-11H,1-4H3,(H,21,24)(H,22,23);1H. The highest BCUT2D eigenvalue weighted by Crippen LogP contribution is 2.26. The number of carbonyl (C=O) groups is 1. The van der Waals surface area contributed by atoms with Gasteiger partial charge in [0.05, 0.1) is 5.52 Å². The fraction of sp³-hybridized carbons (Fsp3) is 0.200. The molecule has 25 heavy (non-hydrogen) atoms. The lowest BCUT2D eigenvalue weighted by Crippen LogP contribution is -2.05. The monoisotopic (exact) mass is 355 g/mol. The van der Waals surface area contributed by atoms with Gasteiger partial charge < -0.3 is 10.6 Å². The zero-order valence-electron chi connectivity index (χ0n) is 14.8. The minimum Gasteiger partial charge on any atom is -0.340 e. The first-order valence-corrected chi connectivity index (χ1v) is 7.95. The second-order valence-electron chi connectivity index (χ2n) is 6.19. The van der Waals surface area contributed by atoms with Crippen LogP contribution in [0, 0.1) is 20.8 Å². The number of nitrogens with zero attached hydrogens (tertiary/aromatic N) is 1. The summed E-state index contributed by atoms with van der Waals surface area (Å²) in [7, 11) is 0. The molecule has 5 heteroatoms. The van der Waals surface area contributed by atoms with E-state index in [0.717, 1.165) is 22.7 Å².